The molecule has 0 aliphatic carbocycles. The molecule has 3 rings (SSSR count). The van der Waals surface area contributed by atoms with Crippen molar-refractivity contribution in [3.8, 4) is 0 Å². The van der Waals surface area contributed by atoms with E-state index in [1.165, 1.54) is 5.56 Å². The minimum absolute atomic E-state index is 0.302. The summed E-state index contributed by atoms with van der Waals surface area (Å²) < 4.78 is 27.1. The second kappa shape index (κ2) is 8.57. The molecule has 1 aliphatic rings. The van der Waals surface area contributed by atoms with Crippen LogP contribution >= 0.6 is 12.2 Å². The molecule has 0 spiro atoms. The molecule has 0 saturated carbocycles. The van der Waals surface area contributed by atoms with E-state index >= 15 is 0 Å². The van der Waals surface area contributed by atoms with Gasteiger partial charge in [0, 0.05) is 37.6 Å². The zero-order valence-corrected chi connectivity index (χ0v) is 18.0. The first-order chi connectivity index (χ1) is 13.3. The number of rotatable bonds is 4. The number of sulfonamides is 1. The van der Waals surface area contributed by atoms with Crippen molar-refractivity contribution < 1.29 is 8.42 Å². The van der Waals surface area contributed by atoms with Crippen LogP contribution in [0.4, 0.5) is 11.4 Å². The van der Waals surface area contributed by atoms with Crippen molar-refractivity contribution >= 4 is 38.7 Å². The summed E-state index contributed by atoms with van der Waals surface area (Å²) in [6.45, 7) is 6.62. The van der Waals surface area contributed by atoms with Crippen LogP contribution in [0.3, 0.4) is 0 Å². The summed E-state index contributed by atoms with van der Waals surface area (Å²) in [7, 11) is -1.46. The predicted molar refractivity (Wildman–Crippen MR) is 118 cm³/mol. The number of nitrogens with zero attached hydrogens (tertiary/aromatic N) is 2. The Morgan fingerprint density at radius 3 is 2.25 bits per heavy atom. The number of thiocarbonyl (C=S) groups is 1. The van der Waals surface area contributed by atoms with Gasteiger partial charge in [-0.25, -0.2) is 8.42 Å². The summed E-state index contributed by atoms with van der Waals surface area (Å²) >= 11 is 5.39. The van der Waals surface area contributed by atoms with Gasteiger partial charge in [0.1, 0.15) is 0 Å². The number of hydrogen-bond donors (Lipinski definition) is 2. The molecule has 2 N–H and O–H groups in total. The van der Waals surface area contributed by atoms with Gasteiger partial charge in [-0.3, -0.25) is 0 Å². The highest BCUT2D eigenvalue weighted by Gasteiger charge is 2.27. The van der Waals surface area contributed by atoms with Crippen molar-refractivity contribution in [1.82, 2.24) is 9.21 Å². The molecule has 2 aromatic rings. The molecule has 28 heavy (non-hydrogen) atoms. The number of benzene rings is 2. The first-order valence-electron chi connectivity index (χ1n) is 9.20. The van der Waals surface area contributed by atoms with Crippen LogP contribution in [0, 0.1) is 13.8 Å². The maximum Gasteiger partial charge on any atom is 0.243 e. The standard InChI is InChI=1S/C20H26N4O2S2/c1-15-5-4-6-19(16(15)2)22-20(27)21-17-7-9-18(10-8-17)28(25,26)24-13-11-23(3)12-14-24/h4-10H,11-14H2,1-3H3,(H2,21,22,27). The lowest BCUT2D eigenvalue weighted by Crippen LogP contribution is -2.46. The Bertz CT molecular complexity index is 951. The lowest BCUT2D eigenvalue weighted by atomic mass is 10.1. The van der Waals surface area contributed by atoms with Crippen LogP contribution in [0.5, 0.6) is 0 Å². The molecule has 0 radical (unpaired) electrons. The van der Waals surface area contributed by atoms with E-state index in [4.69, 9.17) is 12.2 Å². The van der Waals surface area contributed by atoms with E-state index in [1.54, 1.807) is 28.6 Å². The number of anilines is 2. The smallest absolute Gasteiger partial charge is 0.243 e. The van der Waals surface area contributed by atoms with Crippen molar-refractivity contribution in [2.24, 2.45) is 0 Å². The van der Waals surface area contributed by atoms with E-state index in [9.17, 15) is 8.42 Å². The first kappa shape index (κ1) is 20.7. The van der Waals surface area contributed by atoms with E-state index in [1.807, 2.05) is 26.1 Å². The van der Waals surface area contributed by atoms with Crippen LogP contribution in [-0.2, 0) is 10.0 Å². The Morgan fingerprint density at radius 2 is 1.61 bits per heavy atom. The Morgan fingerprint density at radius 1 is 0.964 bits per heavy atom. The van der Waals surface area contributed by atoms with Crippen LogP contribution in [0.25, 0.3) is 0 Å². The van der Waals surface area contributed by atoms with E-state index < -0.39 is 10.0 Å². The summed E-state index contributed by atoms with van der Waals surface area (Å²) in [5, 5.41) is 6.76. The van der Waals surface area contributed by atoms with Gasteiger partial charge in [-0.15, -0.1) is 0 Å². The highest BCUT2D eigenvalue weighted by atomic mass is 32.2. The van der Waals surface area contributed by atoms with Crippen LogP contribution < -0.4 is 10.6 Å². The first-order valence-corrected chi connectivity index (χ1v) is 11.0. The molecule has 2 aromatic carbocycles. The summed E-state index contributed by atoms with van der Waals surface area (Å²) in [4.78, 5) is 2.43. The van der Waals surface area contributed by atoms with Crippen molar-refractivity contribution in [3.63, 3.8) is 0 Å². The highest BCUT2D eigenvalue weighted by Crippen LogP contribution is 2.21. The summed E-state index contributed by atoms with van der Waals surface area (Å²) in [5.41, 5.74) is 4.01. The number of aryl methyl sites for hydroxylation is 1. The van der Waals surface area contributed by atoms with Crippen LogP contribution in [-0.4, -0.2) is 56.0 Å². The molecule has 0 atom stereocenters. The van der Waals surface area contributed by atoms with Crippen LogP contribution in [0.1, 0.15) is 11.1 Å². The molecular formula is C20H26N4O2S2. The zero-order chi connectivity index (χ0) is 20.3. The SMILES string of the molecule is Cc1cccc(NC(=S)Nc2ccc(S(=O)(=O)N3CCN(C)CC3)cc2)c1C. The molecular weight excluding hydrogens is 392 g/mol. The normalized spacial score (nSPS) is 16.0. The number of nitrogens with one attached hydrogen (secondary N) is 2. The third-order valence-electron chi connectivity index (χ3n) is 5.07. The topological polar surface area (TPSA) is 64.7 Å². The molecule has 1 saturated heterocycles. The molecule has 0 bridgehead atoms. The van der Waals surface area contributed by atoms with Gasteiger partial charge in [0.2, 0.25) is 10.0 Å². The lowest BCUT2D eigenvalue weighted by molar-refractivity contribution is 0.222. The van der Waals surface area contributed by atoms with Gasteiger partial charge in [-0.05, 0) is 74.6 Å². The summed E-state index contributed by atoms with van der Waals surface area (Å²) in [5.74, 6) is 0. The fourth-order valence-electron chi connectivity index (χ4n) is 3.06. The maximum absolute atomic E-state index is 12.8. The Kier molecular flexibility index (Phi) is 6.34. The Balaban J connectivity index is 1.65. The minimum atomic E-state index is -3.46. The number of piperazine rings is 1. The average molecular weight is 419 g/mol. The molecule has 0 amide bonds. The molecule has 150 valence electrons. The van der Waals surface area contributed by atoms with Crippen LogP contribution in [0.2, 0.25) is 0 Å². The van der Waals surface area contributed by atoms with Crippen LogP contribution in [0.15, 0.2) is 47.4 Å². The molecule has 1 heterocycles. The third kappa shape index (κ3) is 4.70. The van der Waals surface area contributed by atoms with Crippen molar-refractivity contribution in [1.29, 1.82) is 0 Å². The van der Waals surface area contributed by atoms with Crippen molar-refractivity contribution in [2.45, 2.75) is 18.7 Å². The van der Waals surface area contributed by atoms with Crippen molar-refractivity contribution in [3.05, 3.63) is 53.6 Å². The number of likely N-dealkylation sites (N-methyl/N-ethyl adjacent to an activating group) is 1. The quantitative estimate of drug-likeness (QED) is 0.744. The van der Waals surface area contributed by atoms with Gasteiger partial charge in [0.15, 0.2) is 5.11 Å². The van der Waals surface area contributed by atoms with E-state index in [-0.39, 0.29) is 0 Å². The molecule has 8 heteroatoms. The fraction of sp³-hybridized carbons (Fsp3) is 0.350. The predicted octanol–water partition coefficient (Wildman–Crippen LogP) is 3.05. The second-order valence-electron chi connectivity index (χ2n) is 7.06. The second-order valence-corrected chi connectivity index (χ2v) is 9.40. The van der Waals surface area contributed by atoms with Gasteiger partial charge < -0.3 is 15.5 Å². The highest BCUT2D eigenvalue weighted by molar-refractivity contribution is 7.89. The summed E-state index contributed by atoms with van der Waals surface area (Å²) in [6.07, 6.45) is 0. The monoisotopic (exact) mass is 418 g/mol. The van der Waals surface area contributed by atoms with Gasteiger partial charge in [-0.1, -0.05) is 12.1 Å². The molecule has 0 aromatic heterocycles. The Labute approximate surface area is 172 Å². The van der Waals surface area contributed by atoms with E-state index in [0.717, 1.165) is 30.0 Å². The number of hydrogen-bond acceptors (Lipinski definition) is 4. The van der Waals surface area contributed by atoms with E-state index in [0.29, 0.717) is 23.1 Å². The van der Waals surface area contributed by atoms with Gasteiger partial charge >= 0.3 is 0 Å². The van der Waals surface area contributed by atoms with Crippen molar-refractivity contribution in [2.75, 3.05) is 43.9 Å². The van der Waals surface area contributed by atoms with E-state index in [2.05, 4.69) is 28.5 Å². The lowest BCUT2D eigenvalue weighted by Gasteiger charge is -2.31. The molecule has 1 fully saturated rings. The van der Waals surface area contributed by atoms with Gasteiger partial charge in [0.05, 0.1) is 4.90 Å². The fourth-order valence-corrected chi connectivity index (χ4v) is 4.71. The minimum Gasteiger partial charge on any atom is -0.332 e. The van der Waals surface area contributed by atoms with Gasteiger partial charge in [-0.2, -0.15) is 4.31 Å². The zero-order valence-electron chi connectivity index (χ0n) is 16.4. The molecule has 6 nitrogen and oxygen atoms in total. The third-order valence-corrected chi connectivity index (χ3v) is 7.18. The van der Waals surface area contributed by atoms with Gasteiger partial charge in [0.25, 0.3) is 0 Å². The Hall–Kier alpha value is -2.00. The largest absolute Gasteiger partial charge is 0.332 e. The molecule has 1 aliphatic heterocycles. The molecule has 0 unspecified atom stereocenters. The summed E-state index contributed by atoms with van der Waals surface area (Å²) in [6, 6.07) is 12.7. The maximum atomic E-state index is 12.8. The average Bonchev–Trinajstić information content (AvgIpc) is 2.66.